The lowest BCUT2D eigenvalue weighted by atomic mass is 10.0. The van der Waals surface area contributed by atoms with Crippen LogP contribution < -0.4 is 14.2 Å². The Morgan fingerprint density at radius 2 is 1.64 bits per heavy atom. The number of aryl methyl sites for hydroxylation is 1. The number of rotatable bonds is 7. The van der Waals surface area contributed by atoms with Crippen molar-refractivity contribution < 1.29 is 17.9 Å². The smallest absolute Gasteiger partial charge is 0.241 e. The van der Waals surface area contributed by atoms with Crippen LogP contribution in [-0.4, -0.2) is 22.6 Å². The van der Waals surface area contributed by atoms with Crippen LogP contribution in [0.25, 0.3) is 10.8 Å². The summed E-state index contributed by atoms with van der Waals surface area (Å²) in [7, 11) is -0.439. The Hall–Kier alpha value is -2.57. The maximum atomic E-state index is 13.0. The maximum Gasteiger partial charge on any atom is 0.241 e. The normalized spacial score (nSPS) is 12.7. The Labute approximate surface area is 166 Å². The van der Waals surface area contributed by atoms with Crippen LogP contribution in [0.1, 0.15) is 30.5 Å². The van der Waals surface area contributed by atoms with E-state index in [1.54, 1.807) is 32.4 Å². The van der Waals surface area contributed by atoms with E-state index in [2.05, 4.69) is 4.72 Å². The van der Waals surface area contributed by atoms with Crippen LogP contribution >= 0.6 is 0 Å². The summed E-state index contributed by atoms with van der Waals surface area (Å²) in [6.45, 7) is 3.90. The lowest BCUT2D eigenvalue weighted by molar-refractivity contribution is 0.411. The van der Waals surface area contributed by atoms with E-state index < -0.39 is 10.0 Å². The van der Waals surface area contributed by atoms with Gasteiger partial charge >= 0.3 is 0 Å². The van der Waals surface area contributed by atoms with Crippen molar-refractivity contribution in [1.29, 1.82) is 0 Å². The summed E-state index contributed by atoms with van der Waals surface area (Å²) in [5.74, 6) is 1.52. The van der Waals surface area contributed by atoms with Gasteiger partial charge in [0.15, 0.2) is 0 Å². The fourth-order valence-electron chi connectivity index (χ4n) is 3.26. The van der Waals surface area contributed by atoms with Crippen molar-refractivity contribution in [3.05, 3.63) is 65.7 Å². The number of fused-ring (bicyclic) bond motifs is 1. The average Bonchev–Trinajstić information content (AvgIpc) is 2.71. The molecular formula is C22H25NO4S. The highest BCUT2D eigenvalue weighted by Gasteiger charge is 2.21. The van der Waals surface area contributed by atoms with Gasteiger partial charge in [-0.1, -0.05) is 31.2 Å². The molecule has 28 heavy (non-hydrogen) atoms. The minimum Gasteiger partial charge on any atom is -0.497 e. The summed E-state index contributed by atoms with van der Waals surface area (Å²) >= 11 is 0. The molecule has 0 spiro atoms. The second-order valence-electron chi connectivity index (χ2n) is 6.69. The number of nitrogens with one attached hydrogen (secondary N) is 1. The van der Waals surface area contributed by atoms with Gasteiger partial charge in [0.1, 0.15) is 11.5 Å². The summed E-state index contributed by atoms with van der Waals surface area (Å²) in [4.78, 5) is 0.244. The van der Waals surface area contributed by atoms with Gasteiger partial charge < -0.3 is 9.47 Å². The predicted octanol–water partition coefficient (Wildman–Crippen LogP) is 4.60. The summed E-state index contributed by atoms with van der Waals surface area (Å²) < 4.78 is 39.3. The van der Waals surface area contributed by atoms with Crippen LogP contribution in [0.3, 0.4) is 0 Å². The minimum absolute atomic E-state index is 0.244. The second kappa shape index (κ2) is 8.20. The van der Waals surface area contributed by atoms with E-state index in [0.29, 0.717) is 6.42 Å². The molecule has 0 fully saturated rings. The summed E-state index contributed by atoms with van der Waals surface area (Å²) in [6, 6.07) is 16.1. The van der Waals surface area contributed by atoms with E-state index in [4.69, 9.17) is 9.47 Å². The Morgan fingerprint density at radius 3 is 2.29 bits per heavy atom. The van der Waals surface area contributed by atoms with E-state index in [1.165, 1.54) is 0 Å². The molecule has 0 saturated heterocycles. The first-order valence-corrected chi connectivity index (χ1v) is 10.6. The Kier molecular flexibility index (Phi) is 5.91. The highest BCUT2D eigenvalue weighted by Crippen LogP contribution is 2.27. The quantitative estimate of drug-likeness (QED) is 0.631. The van der Waals surface area contributed by atoms with Crippen LogP contribution in [0.2, 0.25) is 0 Å². The van der Waals surface area contributed by atoms with Crippen LogP contribution in [0.5, 0.6) is 11.5 Å². The summed E-state index contributed by atoms with van der Waals surface area (Å²) in [5.41, 5.74) is 1.88. The maximum absolute atomic E-state index is 13.0. The van der Waals surface area contributed by atoms with Crippen LogP contribution in [0, 0.1) is 6.92 Å². The van der Waals surface area contributed by atoms with E-state index in [0.717, 1.165) is 33.4 Å². The number of hydrogen-bond acceptors (Lipinski definition) is 4. The highest BCUT2D eigenvalue weighted by molar-refractivity contribution is 7.89. The fraction of sp³-hybridized carbons (Fsp3) is 0.273. The standard InChI is InChI=1S/C22H25NO4S/c1-5-21(18-8-11-22(27-4)15(2)12-18)23-28(24,25)20-10-7-16-13-19(26-3)9-6-17(16)14-20/h6-14,21,23H,5H2,1-4H3/t21-/m0/s1. The second-order valence-corrected chi connectivity index (χ2v) is 8.40. The molecule has 0 aliphatic rings. The van der Waals surface area contributed by atoms with E-state index >= 15 is 0 Å². The van der Waals surface area contributed by atoms with Gasteiger partial charge in [0.2, 0.25) is 10.0 Å². The SMILES string of the molecule is CC[C@H](NS(=O)(=O)c1ccc2cc(OC)ccc2c1)c1ccc(OC)c(C)c1. The molecular weight excluding hydrogens is 374 g/mol. The molecule has 0 saturated carbocycles. The zero-order chi connectivity index (χ0) is 20.3. The molecule has 1 atom stereocenters. The van der Waals surface area contributed by atoms with Gasteiger partial charge in [-0.25, -0.2) is 13.1 Å². The van der Waals surface area contributed by atoms with Gasteiger partial charge in [-0.15, -0.1) is 0 Å². The lowest BCUT2D eigenvalue weighted by Crippen LogP contribution is -2.28. The van der Waals surface area contributed by atoms with Gasteiger partial charge in [-0.05, 0) is 65.6 Å². The average molecular weight is 400 g/mol. The molecule has 0 bridgehead atoms. The van der Waals surface area contributed by atoms with Crippen molar-refractivity contribution in [2.45, 2.75) is 31.2 Å². The van der Waals surface area contributed by atoms with E-state index in [-0.39, 0.29) is 10.9 Å². The largest absolute Gasteiger partial charge is 0.497 e. The number of sulfonamides is 1. The molecule has 0 aromatic heterocycles. The first-order chi connectivity index (χ1) is 13.4. The van der Waals surface area contributed by atoms with Gasteiger partial charge in [0.05, 0.1) is 19.1 Å². The van der Waals surface area contributed by atoms with E-state index in [9.17, 15) is 8.42 Å². The zero-order valence-corrected chi connectivity index (χ0v) is 17.3. The molecule has 0 radical (unpaired) electrons. The van der Waals surface area contributed by atoms with E-state index in [1.807, 2.05) is 50.2 Å². The van der Waals surface area contributed by atoms with Gasteiger partial charge in [0, 0.05) is 6.04 Å². The molecule has 0 aliphatic carbocycles. The van der Waals surface area contributed by atoms with Crippen LogP contribution in [-0.2, 0) is 10.0 Å². The third-order valence-electron chi connectivity index (χ3n) is 4.86. The molecule has 0 unspecified atom stereocenters. The Bertz CT molecular complexity index is 1090. The predicted molar refractivity (Wildman–Crippen MR) is 112 cm³/mol. The number of ether oxygens (including phenoxy) is 2. The Balaban J connectivity index is 1.91. The molecule has 148 valence electrons. The van der Waals surface area contributed by atoms with Crippen LogP contribution in [0.4, 0.5) is 0 Å². The van der Waals surface area contributed by atoms with Gasteiger partial charge in [-0.2, -0.15) is 0 Å². The molecule has 3 aromatic carbocycles. The molecule has 3 aromatic rings. The van der Waals surface area contributed by atoms with Crippen molar-refractivity contribution in [3.63, 3.8) is 0 Å². The number of benzene rings is 3. The van der Waals surface area contributed by atoms with Crippen molar-refractivity contribution in [2.24, 2.45) is 0 Å². The fourth-order valence-corrected chi connectivity index (χ4v) is 4.60. The third kappa shape index (κ3) is 4.13. The number of hydrogen-bond donors (Lipinski definition) is 1. The topological polar surface area (TPSA) is 64.6 Å². The first kappa shape index (κ1) is 20.2. The number of methoxy groups -OCH3 is 2. The molecule has 0 heterocycles. The third-order valence-corrected chi connectivity index (χ3v) is 6.33. The van der Waals surface area contributed by atoms with Crippen molar-refractivity contribution in [3.8, 4) is 11.5 Å². The van der Waals surface area contributed by atoms with Crippen molar-refractivity contribution >= 4 is 20.8 Å². The Morgan fingerprint density at radius 1 is 0.929 bits per heavy atom. The van der Waals surface area contributed by atoms with Gasteiger partial charge in [0.25, 0.3) is 0 Å². The molecule has 6 heteroatoms. The minimum atomic E-state index is -3.67. The van der Waals surface area contributed by atoms with Crippen LogP contribution in [0.15, 0.2) is 59.5 Å². The summed E-state index contributed by atoms with van der Waals surface area (Å²) in [6.07, 6.45) is 0.635. The highest BCUT2D eigenvalue weighted by atomic mass is 32.2. The van der Waals surface area contributed by atoms with Crippen molar-refractivity contribution in [2.75, 3.05) is 14.2 Å². The first-order valence-electron chi connectivity index (χ1n) is 9.12. The molecule has 1 N–H and O–H groups in total. The molecule has 0 aliphatic heterocycles. The van der Waals surface area contributed by atoms with Gasteiger partial charge in [-0.3, -0.25) is 0 Å². The molecule has 3 rings (SSSR count). The zero-order valence-electron chi connectivity index (χ0n) is 16.5. The summed E-state index contributed by atoms with van der Waals surface area (Å²) in [5, 5.41) is 1.77. The van der Waals surface area contributed by atoms with Crippen molar-refractivity contribution in [1.82, 2.24) is 4.72 Å². The molecule has 5 nitrogen and oxygen atoms in total. The lowest BCUT2D eigenvalue weighted by Gasteiger charge is -2.19. The molecule has 0 amide bonds. The monoisotopic (exact) mass is 399 g/mol.